The summed E-state index contributed by atoms with van der Waals surface area (Å²) in [5.41, 5.74) is 2.74. The average Bonchev–Trinajstić information content (AvgIpc) is 2.21. The molecule has 0 saturated carbocycles. The third-order valence-corrected chi connectivity index (χ3v) is 3.58. The number of hydrogen-bond donors (Lipinski definition) is 0. The van der Waals surface area contributed by atoms with Crippen molar-refractivity contribution in [1.29, 1.82) is 0 Å². The van der Waals surface area contributed by atoms with Crippen LogP contribution in [0.1, 0.15) is 38.8 Å². The van der Waals surface area contributed by atoms with E-state index in [4.69, 9.17) is 0 Å². The molecule has 1 aromatic carbocycles. The SMILES string of the molecule is CC(C)Cc1cc(Br)c(N=S(=O)=O)c(CC(C)C)c1. The molecule has 0 N–H and O–H groups in total. The largest absolute Gasteiger partial charge is 0.316 e. The minimum atomic E-state index is -2.42. The Morgan fingerprint density at radius 2 is 1.68 bits per heavy atom. The van der Waals surface area contributed by atoms with E-state index in [1.54, 1.807) is 0 Å². The maximum absolute atomic E-state index is 10.8. The lowest BCUT2D eigenvalue weighted by Crippen LogP contribution is -1.99. The van der Waals surface area contributed by atoms with Crippen LogP contribution in [-0.2, 0) is 23.3 Å². The van der Waals surface area contributed by atoms with Crippen LogP contribution in [0.4, 0.5) is 5.69 Å². The van der Waals surface area contributed by atoms with Gasteiger partial charge in [0.1, 0.15) is 0 Å². The summed E-state index contributed by atoms with van der Waals surface area (Å²) in [7, 11) is -2.42. The van der Waals surface area contributed by atoms with Gasteiger partial charge in [-0.25, -0.2) is 0 Å². The predicted molar refractivity (Wildman–Crippen MR) is 82.2 cm³/mol. The Bertz CT molecular complexity index is 569. The Morgan fingerprint density at radius 3 is 2.16 bits per heavy atom. The van der Waals surface area contributed by atoms with Gasteiger partial charge in [-0.15, -0.1) is 4.36 Å². The molecule has 0 radical (unpaired) electrons. The summed E-state index contributed by atoms with van der Waals surface area (Å²) in [4.78, 5) is 0. The molecule has 0 bridgehead atoms. The lowest BCUT2D eigenvalue weighted by atomic mass is 9.96. The molecule has 106 valence electrons. The topological polar surface area (TPSA) is 46.5 Å². The van der Waals surface area contributed by atoms with Gasteiger partial charge in [0.2, 0.25) is 0 Å². The highest BCUT2D eigenvalue weighted by Gasteiger charge is 2.12. The van der Waals surface area contributed by atoms with E-state index in [0.717, 1.165) is 22.9 Å². The van der Waals surface area contributed by atoms with Gasteiger partial charge in [-0.1, -0.05) is 33.8 Å². The molecule has 0 saturated heterocycles. The summed E-state index contributed by atoms with van der Waals surface area (Å²) in [5, 5.41) is 0. The molecule has 3 nitrogen and oxygen atoms in total. The van der Waals surface area contributed by atoms with Crippen LogP contribution < -0.4 is 0 Å². The van der Waals surface area contributed by atoms with Crippen molar-refractivity contribution < 1.29 is 8.42 Å². The molecule has 0 aromatic heterocycles. The third kappa shape index (κ3) is 5.45. The summed E-state index contributed by atoms with van der Waals surface area (Å²) < 4.78 is 26.1. The maximum Gasteiger partial charge on any atom is 0.316 e. The number of rotatable bonds is 5. The first-order valence-corrected chi connectivity index (χ1v) is 8.24. The first-order chi connectivity index (χ1) is 8.79. The molecule has 0 fully saturated rings. The van der Waals surface area contributed by atoms with E-state index in [1.807, 2.05) is 6.07 Å². The maximum atomic E-state index is 10.8. The minimum absolute atomic E-state index is 0.454. The van der Waals surface area contributed by atoms with E-state index in [0.29, 0.717) is 17.5 Å². The Kier molecular flexibility index (Phi) is 6.20. The van der Waals surface area contributed by atoms with Gasteiger partial charge in [-0.05, 0) is 57.8 Å². The number of hydrogen-bond acceptors (Lipinski definition) is 3. The van der Waals surface area contributed by atoms with Gasteiger partial charge >= 0.3 is 10.5 Å². The molecule has 0 aliphatic heterocycles. The molecule has 0 aliphatic rings. The fourth-order valence-electron chi connectivity index (χ4n) is 2.08. The Morgan fingerprint density at radius 1 is 1.11 bits per heavy atom. The van der Waals surface area contributed by atoms with E-state index < -0.39 is 10.5 Å². The molecular weight excluding hydrogens is 326 g/mol. The van der Waals surface area contributed by atoms with Gasteiger partial charge in [0.25, 0.3) is 0 Å². The van der Waals surface area contributed by atoms with Crippen LogP contribution >= 0.6 is 15.9 Å². The molecule has 1 rings (SSSR count). The van der Waals surface area contributed by atoms with E-state index >= 15 is 0 Å². The second-order valence-electron chi connectivity index (χ2n) is 5.59. The molecule has 0 aliphatic carbocycles. The lowest BCUT2D eigenvalue weighted by Gasteiger charge is -2.13. The van der Waals surface area contributed by atoms with Crippen molar-refractivity contribution in [3.63, 3.8) is 0 Å². The van der Waals surface area contributed by atoms with Crippen LogP contribution in [-0.4, -0.2) is 8.42 Å². The normalized spacial score (nSPS) is 11.1. The Labute approximate surface area is 125 Å². The van der Waals surface area contributed by atoms with E-state index in [9.17, 15) is 8.42 Å². The highest BCUT2D eigenvalue weighted by Crippen LogP contribution is 2.33. The molecule has 19 heavy (non-hydrogen) atoms. The molecule has 0 heterocycles. The fourth-order valence-corrected chi connectivity index (χ4v) is 3.20. The van der Waals surface area contributed by atoms with Gasteiger partial charge < -0.3 is 0 Å². The second kappa shape index (κ2) is 7.20. The summed E-state index contributed by atoms with van der Waals surface area (Å²) in [5.74, 6) is 1.02. The predicted octanol–water partition coefficient (Wildman–Crippen LogP) is 4.54. The molecule has 0 atom stereocenters. The van der Waals surface area contributed by atoms with Crippen LogP contribution in [0.5, 0.6) is 0 Å². The van der Waals surface area contributed by atoms with Gasteiger partial charge in [0, 0.05) is 4.47 Å². The van der Waals surface area contributed by atoms with Gasteiger partial charge in [-0.3, -0.25) is 0 Å². The quantitative estimate of drug-likeness (QED) is 0.786. The first kappa shape index (κ1) is 16.4. The summed E-state index contributed by atoms with van der Waals surface area (Å²) in [6.45, 7) is 8.56. The molecule has 0 unspecified atom stereocenters. The molecule has 0 spiro atoms. The second-order valence-corrected chi connectivity index (χ2v) is 7.06. The van der Waals surface area contributed by atoms with Crippen molar-refractivity contribution in [2.45, 2.75) is 40.5 Å². The molecule has 5 heteroatoms. The molecule has 1 aromatic rings. The molecule has 0 amide bonds. The van der Waals surface area contributed by atoms with Crippen molar-refractivity contribution in [3.8, 4) is 0 Å². The first-order valence-electron chi connectivity index (χ1n) is 6.42. The van der Waals surface area contributed by atoms with E-state index in [-0.39, 0.29) is 0 Å². The van der Waals surface area contributed by atoms with Gasteiger partial charge in [0.05, 0.1) is 5.69 Å². The number of benzene rings is 1. The highest BCUT2D eigenvalue weighted by atomic mass is 79.9. The van der Waals surface area contributed by atoms with Crippen LogP contribution in [0.25, 0.3) is 0 Å². The van der Waals surface area contributed by atoms with Crippen molar-refractivity contribution in [2.75, 3.05) is 0 Å². The summed E-state index contributed by atoms with van der Waals surface area (Å²) >= 11 is 3.44. The minimum Gasteiger partial charge on any atom is -0.163 e. The van der Waals surface area contributed by atoms with E-state index in [2.05, 4.69) is 54.1 Å². The standard InChI is InChI=1S/C14H20BrNO2S/c1-9(2)5-11-7-12(6-10(3)4)14(13(15)8-11)16-19(17)18/h7-10H,5-6H2,1-4H3. The Hall–Kier alpha value is -0.680. The summed E-state index contributed by atoms with van der Waals surface area (Å²) in [6.07, 6.45) is 1.80. The summed E-state index contributed by atoms with van der Waals surface area (Å²) in [6, 6.07) is 4.05. The average molecular weight is 346 g/mol. The van der Waals surface area contributed by atoms with Crippen molar-refractivity contribution >= 4 is 32.1 Å². The third-order valence-electron chi connectivity index (χ3n) is 2.64. The van der Waals surface area contributed by atoms with Crippen LogP contribution in [0.15, 0.2) is 21.0 Å². The van der Waals surface area contributed by atoms with Crippen LogP contribution in [0.2, 0.25) is 0 Å². The molecular formula is C14H20BrNO2S. The zero-order valence-corrected chi connectivity index (χ0v) is 14.2. The van der Waals surface area contributed by atoms with Crippen molar-refractivity contribution in [1.82, 2.24) is 0 Å². The number of halogens is 1. The zero-order valence-electron chi connectivity index (χ0n) is 11.8. The highest BCUT2D eigenvalue weighted by molar-refractivity contribution is 9.10. The van der Waals surface area contributed by atoms with Crippen molar-refractivity contribution in [2.24, 2.45) is 16.2 Å². The Balaban J connectivity index is 3.33. The van der Waals surface area contributed by atoms with Gasteiger partial charge in [0.15, 0.2) is 0 Å². The van der Waals surface area contributed by atoms with Crippen LogP contribution in [0.3, 0.4) is 0 Å². The fraction of sp³-hybridized carbons (Fsp3) is 0.571. The lowest BCUT2D eigenvalue weighted by molar-refractivity contribution is 0.621. The van der Waals surface area contributed by atoms with E-state index in [1.165, 1.54) is 5.56 Å². The monoisotopic (exact) mass is 345 g/mol. The smallest absolute Gasteiger partial charge is 0.163 e. The van der Waals surface area contributed by atoms with Gasteiger partial charge in [-0.2, -0.15) is 8.42 Å². The number of nitrogens with zero attached hydrogens (tertiary/aromatic N) is 1. The van der Waals surface area contributed by atoms with Crippen LogP contribution in [0, 0.1) is 11.8 Å². The van der Waals surface area contributed by atoms with Crippen molar-refractivity contribution in [3.05, 3.63) is 27.7 Å². The zero-order chi connectivity index (χ0) is 14.6.